The van der Waals surface area contributed by atoms with Crippen molar-refractivity contribution < 1.29 is 4.79 Å². The van der Waals surface area contributed by atoms with Gasteiger partial charge in [0.2, 0.25) is 5.91 Å². The van der Waals surface area contributed by atoms with Gasteiger partial charge in [-0.1, -0.05) is 13.8 Å². The second-order valence-corrected chi connectivity index (χ2v) is 6.55. The molecule has 2 rings (SSSR count). The van der Waals surface area contributed by atoms with Crippen molar-refractivity contribution in [2.45, 2.75) is 26.8 Å². The summed E-state index contributed by atoms with van der Waals surface area (Å²) in [5.41, 5.74) is 0. The topological polar surface area (TPSA) is 48.5 Å². The molecule has 1 amide bonds. The Morgan fingerprint density at radius 3 is 2.60 bits per heavy atom. The number of anilines is 1. The Morgan fingerprint density at radius 1 is 1.35 bits per heavy atom. The normalized spacial score (nSPS) is 18.3. The lowest BCUT2D eigenvalue weighted by Crippen LogP contribution is -2.50. The molecule has 20 heavy (non-hydrogen) atoms. The third-order valence-electron chi connectivity index (χ3n) is 3.82. The Bertz CT molecular complexity index is 413. The maximum absolute atomic E-state index is 12.0. The zero-order valence-electron chi connectivity index (χ0n) is 12.5. The molecule has 0 spiro atoms. The van der Waals surface area contributed by atoms with E-state index in [4.69, 9.17) is 0 Å². The van der Waals surface area contributed by atoms with Gasteiger partial charge in [0.1, 0.15) is 0 Å². The SMILES string of the molecule is CC(C)C(C)NC(=O)CN1CCN(c2nccs2)CC1. The van der Waals surface area contributed by atoms with Gasteiger partial charge in [0.05, 0.1) is 6.54 Å². The highest BCUT2D eigenvalue weighted by Crippen LogP contribution is 2.18. The molecule has 0 aromatic carbocycles. The minimum atomic E-state index is 0.133. The lowest BCUT2D eigenvalue weighted by molar-refractivity contribution is -0.123. The monoisotopic (exact) mass is 296 g/mol. The van der Waals surface area contributed by atoms with Gasteiger partial charge >= 0.3 is 0 Å². The van der Waals surface area contributed by atoms with Crippen LogP contribution in [-0.2, 0) is 4.79 Å². The van der Waals surface area contributed by atoms with Crippen LogP contribution in [-0.4, -0.2) is 54.6 Å². The first-order valence-corrected chi connectivity index (χ1v) is 8.10. The molecule has 6 heteroatoms. The summed E-state index contributed by atoms with van der Waals surface area (Å²) in [6.45, 7) is 10.5. The summed E-state index contributed by atoms with van der Waals surface area (Å²) in [6.07, 6.45) is 1.84. The molecule has 0 aliphatic carbocycles. The van der Waals surface area contributed by atoms with Gasteiger partial charge in [0.25, 0.3) is 0 Å². The van der Waals surface area contributed by atoms with Gasteiger partial charge in [-0.3, -0.25) is 9.69 Å². The molecule has 1 saturated heterocycles. The first-order valence-electron chi connectivity index (χ1n) is 7.22. The van der Waals surface area contributed by atoms with Gasteiger partial charge < -0.3 is 10.2 Å². The van der Waals surface area contributed by atoms with E-state index in [2.05, 4.69) is 40.9 Å². The van der Waals surface area contributed by atoms with Crippen LogP contribution in [0.2, 0.25) is 0 Å². The van der Waals surface area contributed by atoms with Crippen molar-refractivity contribution in [3.05, 3.63) is 11.6 Å². The summed E-state index contributed by atoms with van der Waals surface area (Å²) in [6, 6.07) is 0.235. The lowest BCUT2D eigenvalue weighted by atomic mass is 10.1. The Morgan fingerprint density at radius 2 is 2.05 bits per heavy atom. The second kappa shape index (κ2) is 7.04. The second-order valence-electron chi connectivity index (χ2n) is 5.68. The molecule has 2 heterocycles. The molecule has 0 radical (unpaired) electrons. The van der Waals surface area contributed by atoms with E-state index in [-0.39, 0.29) is 11.9 Å². The maximum Gasteiger partial charge on any atom is 0.234 e. The quantitative estimate of drug-likeness (QED) is 0.893. The lowest BCUT2D eigenvalue weighted by Gasteiger charge is -2.34. The van der Waals surface area contributed by atoms with Crippen molar-refractivity contribution in [2.24, 2.45) is 5.92 Å². The van der Waals surface area contributed by atoms with Crippen LogP contribution in [0.25, 0.3) is 0 Å². The number of carbonyl (C=O) groups is 1. The minimum Gasteiger partial charge on any atom is -0.352 e. The maximum atomic E-state index is 12.0. The molecule has 1 aromatic rings. The van der Waals surface area contributed by atoms with E-state index in [1.807, 2.05) is 11.6 Å². The molecule has 1 aromatic heterocycles. The van der Waals surface area contributed by atoms with Crippen molar-refractivity contribution in [1.82, 2.24) is 15.2 Å². The van der Waals surface area contributed by atoms with Crippen molar-refractivity contribution in [2.75, 3.05) is 37.6 Å². The number of aromatic nitrogens is 1. The molecule has 1 aliphatic heterocycles. The smallest absolute Gasteiger partial charge is 0.234 e. The average molecular weight is 296 g/mol. The highest BCUT2D eigenvalue weighted by atomic mass is 32.1. The Labute approximate surface area is 125 Å². The molecule has 112 valence electrons. The third-order valence-corrected chi connectivity index (χ3v) is 4.65. The molecule has 5 nitrogen and oxygen atoms in total. The zero-order chi connectivity index (χ0) is 14.5. The number of hydrogen-bond acceptors (Lipinski definition) is 5. The van der Waals surface area contributed by atoms with Crippen molar-refractivity contribution in [3.63, 3.8) is 0 Å². The Hall–Kier alpha value is -1.14. The fraction of sp³-hybridized carbons (Fsp3) is 0.714. The number of nitrogens with one attached hydrogen (secondary N) is 1. The number of thiazole rings is 1. The van der Waals surface area contributed by atoms with Crippen LogP contribution in [0.4, 0.5) is 5.13 Å². The molecular weight excluding hydrogens is 272 g/mol. The van der Waals surface area contributed by atoms with E-state index in [0.717, 1.165) is 31.3 Å². The summed E-state index contributed by atoms with van der Waals surface area (Å²) in [7, 11) is 0. The van der Waals surface area contributed by atoms with E-state index < -0.39 is 0 Å². The summed E-state index contributed by atoms with van der Waals surface area (Å²) in [5, 5.41) is 6.15. The standard InChI is InChI=1S/C14H24N4OS/c1-11(2)12(3)16-13(19)10-17-5-7-18(8-6-17)14-15-4-9-20-14/h4,9,11-12H,5-8,10H2,1-3H3,(H,16,19). The summed E-state index contributed by atoms with van der Waals surface area (Å²) in [4.78, 5) is 20.8. The Balaban J connectivity index is 1.73. The van der Waals surface area contributed by atoms with Crippen LogP contribution in [0.5, 0.6) is 0 Å². The zero-order valence-corrected chi connectivity index (χ0v) is 13.3. The third kappa shape index (κ3) is 4.18. The van der Waals surface area contributed by atoms with Crippen LogP contribution in [0.15, 0.2) is 11.6 Å². The fourth-order valence-corrected chi connectivity index (χ4v) is 2.84. The van der Waals surface area contributed by atoms with E-state index in [0.29, 0.717) is 12.5 Å². The molecule has 1 N–H and O–H groups in total. The summed E-state index contributed by atoms with van der Waals surface area (Å²) < 4.78 is 0. The van der Waals surface area contributed by atoms with E-state index in [1.54, 1.807) is 11.3 Å². The fourth-order valence-electron chi connectivity index (χ4n) is 2.14. The van der Waals surface area contributed by atoms with Crippen molar-refractivity contribution in [1.29, 1.82) is 0 Å². The number of amides is 1. The van der Waals surface area contributed by atoms with Gasteiger partial charge in [-0.2, -0.15) is 0 Å². The molecule has 0 saturated carbocycles. The molecular formula is C14H24N4OS. The number of piperazine rings is 1. The highest BCUT2D eigenvalue weighted by molar-refractivity contribution is 7.13. The number of rotatable bonds is 5. The summed E-state index contributed by atoms with van der Waals surface area (Å²) >= 11 is 1.67. The molecule has 1 fully saturated rings. The summed E-state index contributed by atoms with van der Waals surface area (Å²) in [5.74, 6) is 0.606. The van der Waals surface area contributed by atoms with Crippen LogP contribution in [0, 0.1) is 5.92 Å². The number of hydrogen-bond donors (Lipinski definition) is 1. The van der Waals surface area contributed by atoms with E-state index in [9.17, 15) is 4.79 Å². The van der Waals surface area contributed by atoms with Crippen molar-refractivity contribution in [3.8, 4) is 0 Å². The van der Waals surface area contributed by atoms with E-state index >= 15 is 0 Å². The highest BCUT2D eigenvalue weighted by Gasteiger charge is 2.21. The molecule has 1 aliphatic rings. The molecule has 0 bridgehead atoms. The van der Waals surface area contributed by atoms with Crippen LogP contribution in [0.1, 0.15) is 20.8 Å². The first kappa shape index (κ1) is 15.3. The van der Waals surface area contributed by atoms with Gasteiger partial charge in [-0.25, -0.2) is 4.98 Å². The average Bonchev–Trinajstić information content (AvgIpc) is 2.93. The van der Waals surface area contributed by atoms with E-state index in [1.165, 1.54) is 0 Å². The molecule has 1 atom stereocenters. The minimum absolute atomic E-state index is 0.133. The number of carbonyl (C=O) groups excluding carboxylic acids is 1. The van der Waals surface area contributed by atoms with Crippen LogP contribution in [0.3, 0.4) is 0 Å². The van der Waals surface area contributed by atoms with Gasteiger partial charge in [-0.05, 0) is 12.8 Å². The largest absolute Gasteiger partial charge is 0.352 e. The number of nitrogens with zero attached hydrogens (tertiary/aromatic N) is 3. The molecule has 1 unspecified atom stereocenters. The van der Waals surface area contributed by atoms with Gasteiger partial charge in [-0.15, -0.1) is 11.3 Å². The van der Waals surface area contributed by atoms with Gasteiger partial charge in [0, 0.05) is 43.8 Å². The van der Waals surface area contributed by atoms with Crippen LogP contribution < -0.4 is 10.2 Å². The van der Waals surface area contributed by atoms with Gasteiger partial charge in [0.15, 0.2) is 5.13 Å². The predicted molar refractivity (Wildman–Crippen MR) is 83.2 cm³/mol. The van der Waals surface area contributed by atoms with Crippen molar-refractivity contribution >= 4 is 22.4 Å². The Kier molecular flexibility index (Phi) is 5.37. The first-order chi connectivity index (χ1) is 9.56. The van der Waals surface area contributed by atoms with Crippen LogP contribution >= 0.6 is 11.3 Å². The predicted octanol–water partition coefficient (Wildman–Crippen LogP) is 1.43.